The summed E-state index contributed by atoms with van der Waals surface area (Å²) in [7, 11) is 2.98. The second-order valence-corrected chi connectivity index (χ2v) is 27.4. The minimum absolute atomic E-state index is 0.000632. The van der Waals surface area contributed by atoms with Gasteiger partial charge in [0, 0.05) is 59.6 Å². The molecule has 9 N–H and O–H groups in total. The Kier molecular flexibility index (Phi) is 10.3. The number of Topliss-reactive ketones (excluding diaryl/α,β-unsaturated/α-hetero) is 2. The molecule has 18 atom stereocenters. The van der Waals surface area contributed by atoms with E-state index in [1.807, 2.05) is 24.3 Å². The fourth-order valence-corrected chi connectivity index (χ4v) is 23.0. The van der Waals surface area contributed by atoms with Crippen LogP contribution >= 0.6 is 21.6 Å². The van der Waals surface area contributed by atoms with Gasteiger partial charge in [-0.25, -0.2) is 0 Å². The van der Waals surface area contributed by atoms with Crippen molar-refractivity contribution in [1.29, 1.82) is 0 Å². The number of carbonyl (C=O) groups is 3. The summed E-state index contributed by atoms with van der Waals surface area (Å²) in [5.41, 5.74) is -0.502. The number of hydrogen-bond acceptors (Lipinski definition) is 16. The minimum atomic E-state index is -2.35. The molecule has 9 aliphatic carbocycles. The SMILES string of the molecule is O=CC1CCCC12CC1CC3CC4C5CCC67Oc8cccc9c8C(=O)C8(C(O)=CC(Cc%10cccc(CO)c%10)=CC8C9=O)C(CCCO)SSC8CC9=CC2C1(C1=C3CNC(=C91)N8)C4C(O)(C6O)C(O)C5(CO)O7. The number of hydrogen-bond donors (Lipinski definition) is 9. The molecule has 14 nitrogen and oxygen atoms in total. The molecule has 13 bridgehead atoms. The Labute approximate surface area is 442 Å². The lowest BCUT2D eigenvalue weighted by molar-refractivity contribution is -0.462. The zero-order chi connectivity index (χ0) is 51.3. The molecule has 18 unspecified atom stereocenters. The molecule has 7 aliphatic heterocycles. The predicted molar refractivity (Wildman–Crippen MR) is 276 cm³/mol. The summed E-state index contributed by atoms with van der Waals surface area (Å²) >= 11 is 0. The topological polar surface area (TPSA) is 235 Å². The van der Waals surface area contributed by atoms with E-state index in [1.54, 1.807) is 41.1 Å². The van der Waals surface area contributed by atoms with Crippen molar-refractivity contribution in [3.8, 4) is 5.75 Å². The lowest BCUT2D eigenvalue weighted by Crippen LogP contribution is -2.88. The summed E-state index contributed by atoms with van der Waals surface area (Å²) in [6.45, 7) is -0.497. The third-order valence-electron chi connectivity index (χ3n) is 22.1. The summed E-state index contributed by atoms with van der Waals surface area (Å²) in [5.74, 6) is -5.78. The minimum Gasteiger partial charge on any atom is -0.511 e. The van der Waals surface area contributed by atoms with Gasteiger partial charge < -0.3 is 60.6 Å². The largest absolute Gasteiger partial charge is 0.511 e. The Hall–Kier alpha value is -4.23. The van der Waals surface area contributed by atoms with Crippen LogP contribution in [-0.2, 0) is 22.6 Å². The van der Waals surface area contributed by atoms with Crippen LogP contribution in [0.5, 0.6) is 5.75 Å². The third kappa shape index (κ3) is 5.67. The highest BCUT2D eigenvalue weighted by atomic mass is 33.1. The van der Waals surface area contributed by atoms with Gasteiger partial charge in [0.25, 0.3) is 0 Å². The van der Waals surface area contributed by atoms with E-state index >= 15 is 9.59 Å². The van der Waals surface area contributed by atoms with E-state index in [4.69, 9.17) is 9.47 Å². The van der Waals surface area contributed by atoms with Crippen molar-refractivity contribution in [2.24, 2.45) is 63.6 Å². The smallest absolute Gasteiger partial charge is 0.240 e. The maximum atomic E-state index is 16.4. The molecule has 18 rings (SSSR count). The fourth-order valence-electron chi connectivity index (χ4n) is 19.7. The summed E-state index contributed by atoms with van der Waals surface area (Å²) in [6.07, 6.45) is 9.82. The molecule has 2 aromatic rings. The summed E-state index contributed by atoms with van der Waals surface area (Å²) in [6, 6.07) is 12.2. The normalized spacial score (nSPS) is 45.8. The molecule has 7 heterocycles. The first-order chi connectivity index (χ1) is 36.3. The zero-order valence-corrected chi connectivity index (χ0v) is 43.2. The number of nitrogens with one attached hydrogen (secondary N) is 2. The number of ketones is 2. The number of dihydropyridines is 1. The van der Waals surface area contributed by atoms with Gasteiger partial charge in [-0.2, -0.15) is 0 Å². The van der Waals surface area contributed by atoms with Crippen LogP contribution in [-0.4, -0.2) is 113 Å². The number of allylic oxidation sites excluding steroid dienone is 7. The van der Waals surface area contributed by atoms with E-state index < -0.39 is 86.6 Å². The van der Waals surface area contributed by atoms with E-state index in [9.17, 15) is 40.5 Å². The molecule has 2 saturated heterocycles. The van der Waals surface area contributed by atoms with E-state index in [0.29, 0.717) is 43.4 Å². The first kappa shape index (κ1) is 47.9. The Balaban J connectivity index is 0.979. The average Bonchev–Trinajstić information content (AvgIpc) is 4.13. The zero-order valence-electron chi connectivity index (χ0n) is 41.6. The lowest BCUT2D eigenvalue weighted by Gasteiger charge is -2.73. The van der Waals surface area contributed by atoms with Gasteiger partial charge in [-0.05, 0) is 138 Å². The Bertz CT molecular complexity index is 3080. The number of rotatable bonds is 8. The highest BCUT2D eigenvalue weighted by Gasteiger charge is 2.86. The van der Waals surface area contributed by atoms with Crippen LogP contribution in [0.4, 0.5) is 0 Å². The molecule has 4 saturated carbocycles. The molecular formula is C59H64N2O12S2. The predicted octanol–water partition coefficient (Wildman–Crippen LogP) is 5.67. The summed E-state index contributed by atoms with van der Waals surface area (Å²) < 4.78 is 14.3. The number of aliphatic hydroxyl groups is 7. The molecule has 16 heteroatoms. The van der Waals surface area contributed by atoms with Gasteiger partial charge in [0.2, 0.25) is 5.79 Å². The van der Waals surface area contributed by atoms with Crippen LogP contribution in [0.25, 0.3) is 0 Å². The average molecular weight is 1060 g/mol. The van der Waals surface area contributed by atoms with Gasteiger partial charge in [0.15, 0.2) is 17.7 Å². The molecule has 6 fully saturated rings. The molecule has 4 spiro atoms. The first-order valence-electron chi connectivity index (χ1n) is 27.5. The summed E-state index contributed by atoms with van der Waals surface area (Å²) in [4.78, 5) is 45.6. The van der Waals surface area contributed by atoms with Crippen molar-refractivity contribution in [2.75, 3.05) is 19.8 Å². The number of ether oxygens (including phenoxy) is 2. The van der Waals surface area contributed by atoms with Crippen LogP contribution in [0, 0.1) is 63.6 Å². The standard InChI is InChI=1S/C59H64N2O12S2/c62-14-4-10-43-58-39(17-30(18-42(58)66)16-28-5-1-6-29(15-28)25-63)48(67)35-8-2-9-40(46(35)50(58)68)72-56-13-11-38-36-20-31-19-34-23-54(12-3-7-33(54)26-64)41-21-32-22-44(75-74-43)61-51-45(32)47(37(31)24-60-51)57(34,41)49(36)59(71,53(56)70)52(69)55(38,27-65)73-56/h1-2,5-6,8-9,15,17-18,21,26,31,33-34,36,38-39,41,43-44,49,52-53,60-63,65-66,69-71H,3-4,7,10-14,16,19-20,22-25,27H2. The second-order valence-electron chi connectivity index (χ2n) is 24.7. The van der Waals surface area contributed by atoms with Gasteiger partial charge in [0.1, 0.15) is 46.3 Å². The monoisotopic (exact) mass is 1060 g/mol. The molecule has 2 aromatic carbocycles. The fraction of sp³-hybridized carbons (Fsp3) is 0.576. The van der Waals surface area contributed by atoms with E-state index in [1.165, 1.54) is 28.2 Å². The highest BCUT2D eigenvalue weighted by Crippen LogP contribution is 2.83. The van der Waals surface area contributed by atoms with Crippen LogP contribution < -0.4 is 15.4 Å². The lowest BCUT2D eigenvalue weighted by atomic mass is 9.39. The molecule has 16 aliphatic rings. The Morgan fingerprint density at radius 2 is 1.80 bits per heavy atom. The maximum absolute atomic E-state index is 16.4. The quantitative estimate of drug-likeness (QED) is 0.115. The van der Waals surface area contributed by atoms with Gasteiger partial charge in [-0.3, -0.25) is 9.59 Å². The maximum Gasteiger partial charge on any atom is 0.240 e. The highest BCUT2D eigenvalue weighted by molar-refractivity contribution is 8.77. The van der Waals surface area contributed by atoms with E-state index in [0.717, 1.165) is 54.6 Å². The Morgan fingerprint density at radius 3 is 2.61 bits per heavy atom. The van der Waals surface area contributed by atoms with E-state index in [-0.39, 0.29) is 90.1 Å². The molecule has 0 amide bonds. The summed E-state index contributed by atoms with van der Waals surface area (Å²) in [5, 5.41) is 93.4. The van der Waals surface area contributed by atoms with Crippen molar-refractivity contribution in [3.63, 3.8) is 0 Å². The van der Waals surface area contributed by atoms with Crippen LogP contribution in [0.15, 0.2) is 100 Å². The molecule has 394 valence electrons. The van der Waals surface area contributed by atoms with Crippen molar-refractivity contribution in [2.45, 2.75) is 123 Å². The Morgan fingerprint density at radius 1 is 0.960 bits per heavy atom. The van der Waals surface area contributed by atoms with Crippen LogP contribution in [0.2, 0.25) is 0 Å². The number of carbonyl (C=O) groups excluding carboxylic acids is 3. The molecule has 75 heavy (non-hydrogen) atoms. The molecule has 0 aromatic heterocycles. The van der Waals surface area contributed by atoms with Gasteiger partial charge in [-0.15, -0.1) is 0 Å². The van der Waals surface area contributed by atoms with Crippen molar-refractivity contribution >= 4 is 39.4 Å². The van der Waals surface area contributed by atoms with Crippen molar-refractivity contribution in [3.05, 3.63) is 122 Å². The van der Waals surface area contributed by atoms with Crippen LogP contribution in [0.3, 0.4) is 0 Å². The van der Waals surface area contributed by atoms with E-state index in [2.05, 4.69) is 16.7 Å². The first-order valence-corrected chi connectivity index (χ1v) is 29.8. The number of benzene rings is 2. The van der Waals surface area contributed by atoms with Crippen molar-refractivity contribution < 1.29 is 59.6 Å². The molecule has 0 radical (unpaired) electrons. The van der Waals surface area contributed by atoms with Gasteiger partial charge >= 0.3 is 0 Å². The molecular weight excluding hydrogens is 993 g/mol. The number of aliphatic hydroxyl groups excluding tert-OH is 6. The van der Waals surface area contributed by atoms with Crippen molar-refractivity contribution in [1.82, 2.24) is 10.6 Å². The third-order valence-corrected chi connectivity index (χ3v) is 25.3. The second kappa shape index (κ2) is 16.2. The van der Waals surface area contributed by atoms with Crippen LogP contribution in [0.1, 0.15) is 102 Å². The van der Waals surface area contributed by atoms with Gasteiger partial charge in [0.05, 0.1) is 30.1 Å². The number of aldehydes is 1. The van der Waals surface area contributed by atoms with Gasteiger partial charge in [-0.1, -0.05) is 76.6 Å².